The average Bonchev–Trinajstić information content (AvgIpc) is 2.78. The molecule has 0 atom stereocenters. The van der Waals surface area contributed by atoms with Gasteiger partial charge in [-0.1, -0.05) is 24.3 Å². The van der Waals surface area contributed by atoms with Gasteiger partial charge in [-0.2, -0.15) is 0 Å². The third kappa shape index (κ3) is 5.39. The van der Waals surface area contributed by atoms with E-state index in [0.29, 0.717) is 23.5 Å². The zero-order valence-electron chi connectivity index (χ0n) is 17.1. The molecule has 0 radical (unpaired) electrons. The van der Waals surface area contributed by atoms with Gasteiger partial charge >= 0.3 is 11.9 Å². The van der Waals surface area contributed by atoms with E-state index in [1.165, 1.54) is 30.3 Å². The van der Waals surface area contributed by atoms with Crippen LogP contribution in [-0.4, -0.2) is 28.6 Å². The van der Waals surface area contributed by atoms with E-state index in [-0.39, 0.29) is 29.2 Å². The van der Waals surface area contributed by atoms with Gasteiger partial charge in [-0.15, -0.1) is 0 Å². The number of carbonyl (C=O) groups is 2. The summed E-state index contributed by atoms with van der Waals surface area (Å²) in [6.07, 6.45) is 0. The number of hydrogen-bond acceptors (Lipinski definition) is 7. The largest absolute Gasteiger partial charge is 0.478 e. The molecule has 9 nitrogen and oxygen atoms in total. The summed E-state index contributed by atoms with van der Waals surface area (Å²) in [5, 5.41) is 23.6. The molecule has 0 bridgehead atoms. The molecule has 0 aromatic heterocycles. The molecule has 0 aliphatic carbocycles. The molecule has 0 unspecified atom stereocenters. The lowest BCUT2D eigenvalue weighted by Crippen LogP contribution is -2.11. The van der Waals surface area contributed by atoms with Crippen LogP contribution in [0.15, 0.2) is 66.7 Å². The Morgan fingerprint density at radius 3 is 2.53 bits per heavy atom. The molecule has 9 heteroatoms. The maximum atomic E-state index is 12.0. The predicted octanol–water partition coefficient (Wildman–Crippen LogP) is 4.87. The predicted molar refractivity (Wildman–Crippen MR) is 116 cm³/mol. The van der Waals surface area contributed by atoms with Gasteiger partial charge in [-0.25, -0.2) is 9.59 Å². The van der Waals surface area contributed by atoms with E-state index >= 15 is 0 Å². The van der Waals surface area contributed by atoms with Crippen molar-refractivity contribution < 1.29 is 29.1 Å². The highest BCUT2D eigenvalue weighted by Crippen LogP contribution is 2.31. The number of anilines is 1. The smallest absolute Gasteiger partial charge is 0.339 e. The maximum Gasteiger partial charge on any atom is 0.339 e. The van der Waals surface area contributed by atoms with Crippen LogP contribution in [0.1, 0.15) is 33.2 Å². The number of nitrogens with one attached hydrogen (secondary N) is 1. The fourth-order valence-electron chi connectivity index (χ4n) is 2.96. The number of aromatic carboxylic acids is 1. The average molecular weight is 436 g/mol. The Morgan fingerprint density at radius 2 is 1.81 bits per heavy atom. The minimum absolute atomic E-state index is 0.00303. The maximum absolute atomic E-state index is 12.0. The summed E-state index contributed by atoms with van der Waals surface area (Å²) in [6.45, 7) is 2.07. The van der Waals surface area contributed by atoms with Gasteiger partial charge in [0, 0.05) is 18.7 Å². The number of esters is 1. The van der Waals surface area contributed by atoms with Crippen LogP contribution in [0.3, 0.4) is 0 Å². The number of nitro benzene ring substituents is 1. The van der Waals surface area contributed by atoms with Crippen LogP contribution in [0, 0.1) is 10.1 Å². The Labute approximate surface area is 183 Å². The van der Waals surface area contributed by atoms with Gasteiger partial charge in [0.05, 0.1) is 28.3 Å². The number of hydrogen-bond donors (Lipinski definition) is 2. The van der Waals surface area contributed by atoms with Gasteiger partial charge < -0.3 is 19.9 Å². The number of nitrogens with zero attached hydrogens (tertiary/aromatic N) is 1. The van der Waals surface area contributed by atoms with E-state index in [9.17, 15) is 24.8 Å². The first-order valence-corrected chi connectivity index (χ1v) is 9.67. The van der Waals surface area contributed by atoms with Gasteiger partial charge in [-0.05, 0) is 42.8 Å². The number of non-ortho nitro benzene ring substituents is 1. The summed E-state index contributed by atoms with van der Waals surface area (Å²) >= 11 is 0. The van der Waals surface area contributed by atoms with Gasteiger partial charge in [-0.3, -0.25) is 10.1 Å². The summed E-state index contributed by atoms with van der Waals surface area (Å²) in [5.74, 6) is -1.37. The van der Waals surface area contributed by atoms with Crippen LogP contribution in [-0.2, 0) is 11.3 Å². The highest BCUT2D eigenvalue weighted by Gasteiger charge is 2.19. The molecule has 32 heavy (non-hydrogen) atoms. The van der Waals surface area contributed by atoms with Crippen LogP contribution in [0.25, 0.3) is 0 Å². The van der Waals surface area contributed by atoms with Crippen LogP contribution in [0.4, 0.5) is 11.4 Å². The molecule has 0 aliphatic heterocycles. The van der Waals surface area contributed by atoms with E-state index in [4.69, 9.17) is 9.47 Å². The highest BCUT2D eigenvalue weighted by molar-refractivity contribution is 6.02. The summed E-state index contributed by atoms with van der Waals surface area (Å²) < 4.78 is 10.8. The molecule has 2 N–H and O–H groups in total. The highest BCUT2D eigenvalue weighted by atomic mass is 16.6. The molecule has 0 saturated heterocycles. The lowest BCUT2D eigenvalue weighted by Gasteiger charge is -2.14. The van der Waals surface area contributed by atoms with Crippen molar-refractivity contribution in [1.82, 2.24) is 0 Å². The van der Waals surface area contributed by atoms with E-state index in [2.05, 4.69) is 5.32 Å². The first kappa shape index (κ1) is 22.3. The van der Waals surface area contributed by atoms with Crippen molar-refractivity contribution in [3.05, 3.63) is 93.5 Å². The van der Waals surface area contributed by atoms with Crippen LogP contribution >= 0.6 is 0 Å². The Kier molecular flexibility index (Phi) is 7.02. The quantitative estimate of drug-likeness (QED) is 0.276. The third-order valence-electron chi connectivity index (χ3n) is 4.44. The molecule has 164 valence electrons. The molecule has 0 spiro atoms. The molecule has 0 aliphatic rings. The molecule has 3 rings (SSSR count). The number of benzene rings is 3. The second-order valence-electron chi connectivity index (χ2n) is 6.61. The minimum atomic E-state index is -1.28. The summed E-state index contributed by atoms with van der Waals surface area (Å²) in [7, 11) is 0. The molecule has 0 fully saturated rings. The Bertz CT molecular complexity index is 1160. The first-order chi connectivity index (χ1) is 15.4. The van der Waals surface area contributed by atoms with E-state index in [0.717, 1.165) is 0 Å². The summed E-state index contributed by atoms with van der Waals surface area (Å²) in [6, 6.07) is 17.3. The fraction of sp³-hybridized carbons (Fsp3) is 0.130. The minimum Gasteiger partial charge on any atom is -0.478 e. The molecule has 0 saturated carbocycles. The third-order valence-corrected chi connectivity index (χ3v) is 4.44. The molecule has 0 amide bonds. The number of rotatable bonds is 9. The number of nitro groups is 1. The molecule has 3 aromatic rings. The van der Waals surface area contributed by atoms with E-state index in [1.54, 1.807) is 43.3 Å². The van der Waals surface area contributed by atoms with Crippen molar-refractivity contribution in [3.63, 3.8) is 0 Å². The first-order valence-electron chi connectivity index (χ1n) is 9.67. The van der Waals surface area contributed by atoms with Crippen molar-refractivity contribution in [1.29, 1.82) is 0 Å². The van der Waals surface area contributed by atoms with Crippen molar-refractivity contribution in [3.8, 4) is 11.5 Å². The number of carboxylic acid groups (broad SMARTS) is 1. The summed E-state index contributed by atoms with van der Waals surface area (Å²) in [4.78, 5) is 34.1. The van der Waals surface area contributed by atoms with Crippen LogP contribution in [0.5, 0.6) is 11.5 Å². The number of para-hydroxylation sites is 2. The molecule has 3 aromatic carbocycles. The van der Waals surface area contributed by atoms with Crippen molar-refractivity contribution in [2.45, 2.75) is 13.5 Å². The van der Waals surface area contributed by atoms with E-state index < -0.39 is 16.9 Å². The zero-order chi connectivity index (χ0) is 23.1. The monoisotopic (exact) mass is 436 g/mol. The molecule has 0 heterocycles. The number of ether oxygens (including phenoxy) is 2. The van der Waals surface area contributed by atoms with Gasteiger partial charge in [0.15, 0.2) is 5.75 Å². The summed E-state index contributed by atoms with van der Waals surface area (Å²) in [5.41, 5.74) is 1.01. The normalized spacial score (nSPS) is 10.3. The van der Waals surface area contributed by atoms with Crippen molar-refractivity contribution in [2.24, 2.45) is 0 Å². The lowest BCUT2D eigenvalue weighted by molar-refractivity contribution is -0.384. The SMILES string of the molecule is CCOC(=O)c1ccc(Oc2ccccc2NCc2cccc([N+](=O)[O-])c2)cc1C(=O)O. The Hall–Kier alpha value is -4.40. The van der Waals surface area contributed by atoms with Crippen molar-refractivity contribution in [2.75, 3.05) is 11.9 Å². The molecular formula is C23H20N2O7. The van der Waals surface area contributed by atoms with Crippen molar-refractivity contribution >= 4 is 23.3 Å². The van der Waals surface area contributed by atoms with Crippen LogP contribution < -0.4 is 10.1 Å². The second kappa shape index (κ2) is 10.1. The Balaban J connectivity index is 1.81. The fourth-order valence-corrected chi connectivity index (χ4v) is 2.96. The molecular weight excluding hydrogens is 416 g/mol. The van der Waals surface area contributed by atoms with Gasteiger partial charge in [0.2, 0.25) is 0 Å². The topological polar surface area (TPSA) is 128 Å². The number of carboxylic acids is 1. The lowest BCUT2D eigenvalue weighted by atomic mass is 10.1. The van der Waals surface area contributed by atoms with Crippen LogP contribution in [0.2, 0.25) is 0 Å². The second-order valence-corrected chi connectivity index (χ2v) is 6.61. The van der Waals surface area contributed by atoms with Gasteiger partial charge in [0.1, 0.15) is 5.75 Å². The van der Waals surface area contributed by atoms with E-state index in [1.807, 2.05) is 0 Å². The zero-order valence-corrected chi connectivity index (χ0v) is 17.1. The van der Waals surface area contributed by atoms with Gasteiger partial charge in [0.25, 0.3) is 5.69 Å². The Morgan fingerprint density at radius 1 is 1.03 bits per heavy atom. The standard InChI is InChI=1S/C23H20N2O7/c1-2-31-23(28)18-11-10-17(13-19(18)22(26)27)32-21-9-4-3-8-20(21)24-14-15-6-5-7-16(12-15)25(29)30/h3-13,24H,2,14H2,1H3,(H,26,27). The number of carbonyl (C=O) groups excluding carboxylic acids is 1.